The van der Waals surface area contributed by atoms with Crippen molar-refractivity contribution in [2.45, 2.75) is 13.3 Å². The van der Waals surface area contributed by atoms with Crippen molar-refractivity contribution < 1.29 is 4.39 Å². The van der Waals surface area contributed by atoms with Gasteiger partial charge in [0.15, 0.2) is 0 Å². The molecule has 0 aliphatic heterocycles. The van der Waals surface area contributed by atoms with Crippen molar-refractivity contribution in [3.63, 3.8) is 0 Å². The zero-order valence-electron chi connectivity index (χ0n) is 10.7. The van der Waals surface area contributed by atoms with Gasteiger partial charge in [0.05, 0.1) is 5.69 Å². The van der Waals surface area contributed by atoms with Gasteiger partial charge in [-0.25, -0.2) is 14.4 Å². The van der Waals surface area contributed by atoms with E-state index in [1.807, 2.05) is 6.92 Å². The van der Waals surface area contributed by atoms with Crippen LogP contribution in [0.3, 0.4) is 0 Å². The molecule has 0 radical (unpaired) electrons. The third-order valence-corrected chi connectivity index (χ3v) is 2.96. The van der Waals surface area contributed by atoms with Gasteiger partial charge in [-0.2, -0.15) is 0 Å². The molecule has 2 rings (SSSR count). The molecule has 0 saturated heterocycles. The quantitative estimate of drug-likeness (QED) is 0.898. The van der Waals surface area contributed by atoms with Crippen LogP contribution in [0.15, 0.2) is 24.5 Å². The normalized spacial score (nSPS) is 10.3. The lowest BCUT2D eigenvalue weighted by Crippen LogP contribution is -2.05. The highest BCUT2D eigenvalue weighted by Crippen LogP contribution is 2.26. The highest BCUT2D eigenvalue weighted by Gasteiger charge is 2.11. The van der Waals surface area contributed by atoms with E-state index in [2.05, 4.69) is 20.6 Å². The number of hydrogen-bond donors (Lipinski definition) is 2. The average Bonchev–Trinajstić information content (AvgIpc) is 2.41. The molecule has 19 heavy (non-hydrogen) atoms. The van der Waals surface area contributed by atoms with Crippen molar-refractivity contribution in [1.82, 2.24) is 9.97 Å². The number of nitrogens with zero attached hydrogens (tertiary/aromatic N) is 2. The summed E-state index contributed by atoms with van der Waals surface area (Å²) in [7, 11) is 1.79. The van der Waals surface area contributed by atoms with Crippen molar-refractivity contribution in [1.29, 1.82) is 0 Å². The van der Waals surface area contributed by atoms with Crippen molar-refractivity contribution in [2.24, 2.45) is 0 Å². The third kappa shape index (κ3) is 2.93. The minimum absolute atomic E-state index is 0.333. The molecular weight excluding hydrogens is 267 g/mol. The molecule has 0 unspecified atom stereocenters. The van der Waals surface area contributed by atoms with Crippen LogP contribution in [-0.4, -0.2) is 17.0 Å². The summed E-state index contributed by atoms with van der Waals surface area (Å²) in [6.45, 7) is 1.99. The van der Waals surface area contributed by atoms with E-state index in [-0.39, 0.29) is 0 Å². The fourth-order valence-electron chi connectivity index (χ4n) is 1.79. The molecule has 0 saturated carbocycles. The fraction of sp³-hybridized carbons (Fsp3) is 0.231. The predicted molar refractivity (Wildman–Crippen MR) is 75.6 cm³/mol. The summed E-state index contributed by atoms with van der Waals surface area (Å²) in [5, 5.41) is 6.32. The molecular formula is C13H14ClFN4. The summed E-state index contributed by atoms with van der Waals surface area (Å²) in [5.74, 6) is 0.900. The lowest BCUT2D eigenvalue weighted by atomic mass is 10.2. The van der Waals surface area contributed by atoms with Gasteiger partial charge in [-0.15, -0.1) is 0 Å². The van der Waals surface area contributed by atoms with Crippen LogP contribution in [0.1, 0.15) is 12.5 Å². The maximum atomic E-state index is 13.7. The van der Waals surface area contributed by atoms with Crippen LogP contribution in [-0.2, 0) is 6.42 Å². The lowest BCUT2D eigenvalue weighted by Gasteiger charge is -2.13. The summed E-state index contributed by atoms with van der Waals surface area (Å²) in [4.78, 5) is 8.28. The Morgan fingerprint density at radius 1 is 1.26 bits per heavy atom. The topological polar surface area (TPSA) is 49.8 Å². The van der Waals surface area contributed by atoms with E-state index in [1.165, 1.54) is 12.4 Å². The van der Waals surface area contributed by atoms with E-state index in [9.17, 15) is 4.39 Å². The Labute approximate surface area is 116 Å². The minimum atomic E-state index is -0.417. The molecule has 0 bridgehead atoms. The highest BCUT2D eigenvalue weighted by molar-refractivity contribution is 6.30. The zero-order valence-corrected chi connectivity index (χ0v) is 11.4. The van der Waals surface area contributed by atoms with Crippen molar-refractivity contribution in [3.8, 4) is 0 Å². The van der Waals surface area contributed by atoms with Crippen LogP contribution in [0.5, 0.6) is 0 Å². The van der Waals surface area contributed by atoms with Crippen LogP contribution < -0.4 is 10.6 Å². The standard InChI is InChI=1S/C13H14ClFN4/c1-3-9-12(16-2)17-7-18-13(9)19-11-5-4-8(14)6-10(11)15/h4-7H,3H2,1-2H3,(H2,16,17,18,19). The monoisotopic (exact) mass is 280 g/mol. The van der Waals surface area contributed by atoms with E-state index in [1.54, 1.807) is 19.2 Å². The van der Waals surface area contributed by atoms with E-state index < -0.39 is 5.82 Å². The Balaban J connectivity index is 2.37. The van der Waals surface area contributed by atoms with Crippen molar-refractivity contribution >= 4 is 28.9 Å². The molecule has 0 amide bonds. The van der Waals surface area contributed by atoms with Crippen LogP contribution in [0.2, 0.25) is 5.02 Å². The average molecular weight is 281 g/mol. The number of anilines is 3. The molecule has 2 aromatic rings. The van der Waals surface area contributed by atoms with Gasteiger partial charge in [0.2, 0.25) is 0 Å². The SMILES string of the molecule is CCc1c(NC)ncnc1Nc1ccc(Cl)cc1F. The number of nitrogens with one attached hydrogen (secondary N) is 2. The van der Waals surface area contributed by atoms with Crippen LogP contribution in [0.25, 0.3) is 0 Å². The van der Waals surface area contributed by atoms with Gasteiger partial charge in [0.1, 0.15) is 23.8 Å². The van der Waals surface area contributed by atoms with Crippen LogP contribution in [0.4, 0.5) is 21.7 Å². The molecule has 1 aromatic carbocycles. The predicted octanol–water partition coefficient (Wildman–Crippen LogP) is 3.62. The lowest BCUT2D eigenvalue weighted by molar-refractivity contribution is 0.632. The third-order valence-electron chi connectivity index (χ3n) is 2.72. The molecule has 0 atom stereocenters. The summed E-state index contributed by atoms with van der Waals surface area (Å²) < 4.78 is 13.7. The second kappa shape index (κ2) is 5.84. The van der Waals surface area contributed by atoms with Gasteiger partial charge in [-0.1, -0.05) is 18.5 Å². The Morgan fingerprint density at radius 2 is 2.00 bits per heavy atom. The molecule has 0 aliphatic rings. The summed E-state index contributed by atoms with van der Waals surface area (Å²) in [5.41, 5.74) is 1.24. The van der Waals surface area contributed by atoms with Gasteiger partial charge in [0.25, 0.3) is 0 Å². The molecule has 0 fully saturated rings. The second-order valence-electron chi connectivity index (χ2n) is 3.90. The Kier molecular flexibility index (Phi) is 4.16. The van der Waals surface area contributed by atoms with Crippen LogP contribution >= 0.6 is 11.6 Å². The number of halogens is 2. The van der Waals surface area contributed by atoms with Crippen molar-refractivity contribution in [2.75, 3.05) is 17.7 Å². The molecule has 4 nitrogen and oxygen atoms in total. The molecule has 1 aromatic heterocycles. The second-order valence-corrected chi connectivity index (χ2v) is 4.34. The minimum Gasteiger partial charge on any atom is -0.373 e. The molecule has 100 valence electrons. The molecule has 0 spiro atoms. The van der Waals surface area contributed by atoms with Crippen molar-refractivity contribution in [3.05, 3.63) is 40.9 Å². The first-order valence-corrected chi connectivity index (χ1v) is 6.27. The van der Waals surface area contributed by atoms with Gasteiger partial charge in [-0.05, 0) is 24.6 Å². The summed E-state index contributed by atoms with van der Waals surface area (Å²) in [6, 6.07) is 4.46. The first kappa shape index (κ1) is 13.5. The van der Waals surface area contributed by atoms with Gasteiger partial charge >= 0.3 is 0 Å². The first-order chi connectivity index (χ1) is 9.15. The van der Waals surface area contributed by atoms with Crippen LogP contribution in [0, 0.1) is 5.82 Å². The Hall–Kier alpha value is -1.88. The summed E-state index contributed by atoms with van der Waals surface area (Å²) >= 11 is 5.72. The first-order valence-electron chi connectivity index (χ1n) is 5.89. The Morgan fingerprint density at radius 3 is 2.63 bits per heavy atom. The number of rotatable bonds is 4. The molecule has 6 heteroatoms. The zero-order chi connectivity index (χ0) is 13.8. The summed E-state index contributed by atoms with van der Waals surface area (Å²) in [6.07, 6.45) is 2.16. The van der Waals surface area contributed by atoms with E-state index in [0.29, 0.717) is 16.5 Å². The number of benzene rings is 1. The molecule has 1 heterocycles. The van der Waals surface area contributed by atoms with Gasteiger partial charge in [0, 0.05) is 17.6 Å². The van der Waals surface area contributed by atoms with Gasteiger partial charge < -0.3 is 10.6 Å². The van der Waals surface area contributed by atoms with E-state index in [4.69, 9.17) is 11.6 Å². The van der Waals surface area contributed by atoms with E-state index >= 15 is 0 Å². The number of hydrogen-bond acceptors (Lipinski definition) is 4. The maximum Gasteiger partial charge on any atom is 0.148 e. The Bertz CT molecular complexity index is 589. The smallest absolute Gasteiger partial charge is 0.148 e. The number of aromatic nitrogens is 2. The fourth-order valence-corrected chi connectivity index (χ4v) is 1.95. The molecule has 0 aliphatic carbocycles. The highest BCUT2D eigenvalue weighted by atomic mass is 35.5. The largest absolute Gasteiger partial charge is 0.373 e. The van der Waals surface area contributed by atoms with Gasteiger partial charge in [-0.3, -0.25) is 0 Å². The van der Waals surface area contributed by atoms with E-state index in [0.717, 1.165) is 17.8 Å². The molecule has 2 N–H and O–H groups in total. The maximum absolute atomic E-state index is 13.7.